The molecule has 23 heavy (non-hydrogen) atoms. The number of methoxy groups -OCH3 is 1. The van der Waals surface area contributed by atoms with Gasteiger partial charge in [0.05, 0.1) is 4.88 Å². The Kier molecular flexibility index (Phi) is 5.02. The molecule has 2 amide bonds. The van der Waals surface area contributed by atoms with Crippen LogP contribution in [0.2, 0.25) is 0 Å². The molecule has 0 spiro atoms. The van der Waals surface area contributed by atoms with Crippen LogP contribution in [0.4, 0.5) is 0 Å². The van der Waals surface area contributed by atoms with E-state index in [1.54, 1.807) is 0 Å². The summed E-state index contributed by atoms with van der Waals surface area (Å²) < 4.78 is 4.94. The molecule has 1 aliphatic carbocycles. The van der Waals surface area contributed by atoms with Crippen LogP contribution >= 0.6 is 11.3 Å². The van der Waals surface area contributed by atoms with Crippen molar-refractivity contribution in [2.75, 3.05) is 26.8 Å². The highest BCUT2D eigenvalue weighted by atomic mass is 32.1. The van der Waals surface area contributed by atoms with Gasteiger partial charge in [0.25, 0.3) is 5.91 Å². The SMILES string of the molecule is COCC(=O)NC1(CC2CC2)CCN(C(=O)c2cccs2)CC1. The first kappa shape index (κ1) is 16.5. The van der Waals surface area contributed by atoms with Crippen LogP contribution in [0.3, 0.4) is 0 Å². The molecular formula is C17H24N2O3S. The summed E-state index contributed by atoms with van der Waals surface area (Å²) in [4.78, 5) is 27.2. The maximum Gasteiger partial charge on any atom is 0.263 e. The van der Waals surface area contributed by atoms with Gasteiger partial charge in [0, 0.05) is 25.7 Å². The zero-order valence-corrected chi connectivity index (χ0v) is 14.4. The van der Waals surface area contributed by atoms with E-state index < -0.39 is 0 Å². The van der Waals surface area contributed by atoms with Crippen LogP contribution < -0.4 is 5.32 Å². The van der Waals surface area contributed by atoms with Crippen LogP contribution in [0.1, 0.15) is 41.8 Å². The van der Waals surface area contributed by atoms with Crippen LogP contribution in [0.25, 0.3) is 0 Å². The first-order chi connectivity index (χ1) is 11.1. The molecule has 2 aliphatic rings. The lowest BCUT2D eigenvalue weighted by atomic mass is 9.82. The Morgan fingerprint density at radius 1 is 1.39 bits per heavy atom. The van der Waals surface area contributed by atoms with Gasteiger partial charge in [-0.2, -0.15) is 0 Å². The zero-order valence-electron chi connectivity index (χ0n) is 13.5. The molecule has 1 saturated carbocycles. The monoisotopic (exact) mass is 336 g/mol. The molecule has 5 nitrogen and oxygen atoms in total. The first-order valence-electron chi connectivity index (χ1n) is 8.25. The summed E-state index contributed by atoms with van der Waals surface area (Å²) in [5, 5.41) is 5.13. The number of rotatable bonds is 6. The second kappa shape index (κ2) is 7.01. The standard InChI is InChI=1S/C17H24N2O3S/c1-22-12-15(20)18-17(11-13-4-5-13)6-8-19(9-7-17)16(21)14-3-2-10-23-14/h2-3,10,13H,4-9,11-12H2,1H3,(H,18,20). The molecule has 1 aliphatic heterocycles. The van der Waals surface area contributed by atoms with Crippen LogP contribution in [0.5, 0.6) is 0 Å². The Morgan fingerprint density at radius 2 is 2.13 bits per heavy atom. The lowest BCUT2D eigenvalue weighted by Gasteiger charge is -2.42. The third kappa shape index (κ3) is 4.12. The number of carbonyl (C=O) groups is 2. The molecule has 0 bridgehead atoms. The van der Waals surface area contributed by atoms with E-state index in [1.807, 2.05) is 22.4 Å². The number of carbonyl (C=O) groups excluding carboxylic acids is 2. The summed E-state index contributed by atoms with van der Waals surface area (Å²) in [6.45, 7) is 1.51. The van der Waals surface area contributed by atoms with Crippen molar-refractivity contribution >= 4 is 23.2 Å². The number of nitrogens with zero attached hydrogens (tertiary/aromatic N) is 1. The summed E-state index contributed by atoms with van der Waals surface area (Å²) in [6, 6.07) is 3.78. The minimum absolute atomic E-state index is 0.0498. The lowest BCUT2D eigenvalue weighted by molar-refractivity contribution is -0.127. The van der Waals surface area contributed by atoms with Crippen molar-refractivity contribution in [2.24, 2.45) is 5.92 Å². The van der Waals surface area contributed by atoms with Gasteiger partial charge < -0.3 is 15.0 Å². The van der Waals surface area contributed by atoms with Crippen molar-refractivity contribution in [1.82, 2.24) is 10.2 Å². The van der Waals surface area contributed by atoms with Crippen molar-refractivity contribution in [3.8, 4) is 0 Å². The Hall–Kier alpha value is -1.40. The van der Waals surface area contributed by atoms with Crippen molar-refractivity contribution in [2.45, 2.75) is 37.6 Å². The van der Waals surface area contributed by atoms with Crippen molar-refractivity contribution in [3.05, 3.63) is 22.4 Å². The van der Waals surface area contributed by atoms with E-state index in [0.29, 0.717) is 13.1 Å². The maximum absolute atomic E-state index is 12.5. The molecule has 1 aromatic heterocycles. The van der Waals surface area contributed by atoms with E-state index in [1.165, 1.54) is 31.3 Å². The molecular weight excluding hydrogens is 312 g/mol. The normalized spacial score (nSPS) is 20.3. The van der Waals surface area contributed by atoms with Crippen molar-refractivity contribution in [1.29, 1.82) is 0 Å². The third-order valence-electron chi connectivity index (χ3n) is 4.80. The Morgan fingerprint density at radius 3 is 2.70 bits per heavy atom. The van der Waals surface area contributed by atoms with Gasteiger partial charge in [-0.25, -0.2) is 0 Å². The van der Waals surface area contributed by atoms with Crippen molar-refractivity contribution in [3.63, 3.8) is 0 Å². The number of thiophene rings is 1. The van der Waals surface area contributed by atoms with Gasteiger partial charge in [0.1, 0.15) is 6.61 Å². The average Bonchev–Trinajstić information content (AvgIpc) is 3.16. The van der Waals surface area contributed by atoms with Crippen LogP contribution in [-0.4, -0.2) is 49.1 Å². The second-order valence-electron chi connectivity index (χ2n) is 6.68. The van der Waals surface area contributed by atoms with E-state index >= 15 is 0 Å². The summed E-state index contributed by atoms with van der Waals surface area (Å²) >= 11 is 1.48. The number of amides is 2. The summed E-state index contributed by atoms with van der Waals surface area (Å²) in [5.74, 6) is 0.798. The third-order valence-corrected chi connectivity index (χ3v) is 5.65. The van der Waals surface area contributed by atoms with Gasteiger partial charge in [0.2, 0.25) is 5.91 Å². The molecule has 6 heteroatoms. The van der Waals surface area contributed by atoms with Gasteiger partial charge in [0.15, 0.2) is 0 Å². The number of hydrogen-bond donors (Lipinski definition) is 1. The molecule has 1 aromatic rings. The van der Waals surface area contributed by atoms with Crippen LogP contribution in [0.15, 0.2) is 17.5 Å². The van der Waals surface area contributed by atoms with E-state index in [4.69, 9.17) is 4.74 Å². The highest BCUT2D eigenvalue weighted by molar-refractivity contribution is 7.12. The van der Waals surface area contributed by atoms with Gasteiger partial charge in [-0.05, 0) is 36.6 Å². The Bertz CT molecular complexity index is 546. The van der Waals surface area contributed by atoms with E-state index in [-0.39, 0.29) is 24.0 Å². The molecule has 0 atom stereocenters. The van der Waals surface area contributed by atoms with Gasteiger partial charge in [-0.1, -0.05) is 18.9 Å². The smallest absolute Gasteiger partial charge is 0.263 e. The average molecular weight is 336 g/mol. The molecule has 126 valence electrons. The number of likely N-dealkylation sites (tertiary alicyclic amines) is 1. The van der Waals surface area contributed by atoms with Crippen molar-refractivity contribution < 1.29 is 14.3 Å². The minimum Gasteiger partial charge on any atom is -0.375 e. The quantitative estimate of drug-likeness (QED) is 0.867. The predicted octanol–water partition coefficient (Wildman–Crippen LogP) is 2.29. The summed E-state index contributed by atoms with van der Waals surface area (Å²) in [7, 11) is 1.54. The van der Waals surface area contributed by atoms with E-state index in [9.17, 15) is 9.59 Å². The number of piperidine rings is 1. The number of nitrogens with one attached hydrogen (secondary N) is 1. The molecule has 2 heterocycles. The first-order valence-corrected chi connectivity index (χ1v) is 9.13. The fourth-order valence-electron chi connectivity index (χ4n) is 3.41. The second-order valence-corrected chi connectivity index (χ2v) is 7.63. The number of ether oxygens (including phenoxy) is 1. The zero-order chi connectivity index (χ0) is 16.3. The van der Waals surface area contributed by atoms with Gasteiger partial charge in [-0.15, -0.1) is 11.3 Å². The largest absolute Gasteiger partial charge is 0.375 e. The molecule has 1 N–H and O–H groups in total. The molecule has 0 aromatic carbocycles. The summed E-state index contributed by atoms with van der Waals surface area (Å²) in [5.41, 5.74) is -0.164. The molecule has 0 unspecified atom stereocenters. The van der Waals surface area contributed by atoms with Gasteiger partial charge >= 0.3 is 0 Å². The minimum atomic E-state index is -0.164. The van der Waals surface area contributed by atoms with E-state index in [2.05, 4.69) is 5.32 Å². The highest BCUT2D eigenvalue weighted by Crippen LogP contribution is 2.40. The number of hydrogen-bond acceptors (Lipinski definition) is 4. The fourth-order valence-corrected chi connectivity index (χ4v) is 4.10. The molecule has 0 radical (unpaired) electrons. The topological polar surface area (TPSA) is 58.6 Å². The molecule has 2 fully saturated rings. The van der Waals surface area contributed by atoms with Crippen LogP contribution in [-0.2, 0) is 9.53 Å². The van der Waals surface area contributed by atoms with Crippen LogP contribution in [0, 0.1) is 5.92 Å². The molecule has 3 rings (SSSR count). The highest BCUT2D eigenvalue weighted by Gasteiger charge is 2.41. The van der Waals surface area contributed by atoms with Gasteiger partial charge in [-0.3, -0.25) is 9.59 Å². The Balaban J connectivity index is 1.62. The summed E-state index contributed by atoms with van der Waals surface area (Å²) in [6.07, 6.45) is 5.22. The lowest BCUT2D eigenvalue weighted by Crippen LogP contribution is -2.57. The predicted molar refractivity (Wildman–Crippen MR) is 89.5 cm³/mol. The maximum atomic E-state index is 12.5. The molecule has 1 saturated heterocycles. The fraction of sp³-hybridized carbons (Fsp3) is 0.647. The van der Waals surface area contributed by atoms with E-state index in [0.717, 1.165) is 30.1 Å². The Labute approximate surface area is 141 Å².